The summed E-state index contributed by atoms with van der Waals surface area (Å²) >= 11 is 12.4. The summed E-state index contributed by atoms with van der Waals surface area (Å²) in [6.07, 6.45) is 0. The van der Waals surface area contributed by atoms with Gasteiger partial charge in [0.1, 0.15) is 6.61 Å². The Bertz CT molecular complexity index is 868. The first-order chi connectivity index (χ1) is 13.2. The third kappa shape index (κ3) is 5.30. The largest absolute Gasteiger partial charge is 0.493 e. The predicted octanol–water partition coefficient (Wildman–Crippen LogP) is 5.70. The smallest absolute Gasteiger partial charge is 0.161 e. The summed E-state index contributed by atoms with van der Waals surface area (Å²) in [5.41, 5.74) is 9.13. The summed E-state index contributed by atoms with van der Waals surface area (Å²) in [5.74, 6) is 1.28. The number of anilines is 1. The van der Waals surface area contributed by atoms with Crippen molar-refractivity contribution in [3.8, 4) is 11.5 Å². The molecule has 0 heterocycles. The topological polar surface area (TPSA) is 42.5 Å². The van der Waals surface area contributed by atoms with Crippen molar-refractivity contribution in [2.45, 2.75) is 13.2 Å². The number of ether oxygens (including phenoxy) is 2. The van der Waals surface area contributed by atoms with Crippen molar-refractivity contribution in [3.63, 3.8) is 0 Å². The summed E-state index contributed by atoms with van der Waals surface area (Å²) in [6.45, 7) is 0.871. The summed E-state index contributed by atoms with van der Waals surface area (Å²) in [7, 11) is 1.61. The molecule has 0 radical (unpaired) electrons. The zero-order valence-electron chi connectivity index (χ0n) is 14.8. The molecule has 27 heavy (non-hydrogen) atoms. The number of hydrazine groups is 1. The Morgan fingerprint density at radius 3 is 2.30 bits per heavy atom. The molecule has 0 aliphatic carbocycles. The van der Waals surface area contributed by atoms with E-state index in [1.807, 2.05) is 48.5 Å². The SMILES string of the molecule is COc1ccc(CNNc2ccccc2)cc1OCc1c(Cl)cccc1Cl. The highest BCUT2D eigenvalue weighted by Crippen LogP contribution is 2.31. The Morgan fingerprint density at radius 2 is 1.59 bits per heavy atom. The van der Waals surface area contributed by atoms with Gasteiger partial charge in [-0.05, 0) is 42.0 Å². The van der Waals surface area contributed by atoms with Gasteiger partial charge in [0.15, 0.2) is 11.5 Å². The lowest BCUT2D eigenvalue weighted by Crippen LogP contribution is -2.20. The maximum absolute atomic E-state index is 6.21. The molecule has 0 aromatic heterocycles. The minimum absolute atomic E-state index is 0.258. The number of halogens is 2. The van der Waals surface area contributed by atoms with Crippen LogP contribution in [0, 0.1) is 0 Å². The fraction of sp³-hybridized carbons (Fsp3) is 0.143. The molecule has 0 atom stereocenters. The molecule has 0 aliphatic rings. The first kappa shape index (κ1) is 19.4. The van der Waals surface area contributed by atoms with Crippen LogP contribution in [0.5, 0.6) is 11.5 Å². The third-order valence-corrected chi connectivity index (χ3v) is 4.67. The molecule has 0 unspecified atom stereocenters. The van der Waals surface area contributed by atoms with Gasteiger partial charge in [-0.3, -0.25) is 0 Å². The fourth-order valence-electron chi connectivity index (χ4n) is 2.53. The zero-order valence-corrected chi connectivity index (χ0v) is 16.3. The summed E-state index contributed by atoms with van der Waals surface area (Å²) in [6, 6.07) is 21.1. The Kier molecular flexibility index (Phi) is 6.82. The van der Waals surface area contributed by atoms with Crippen molar-refractivity contribution in [2.24, 2.45) is 0 Å². The molecule has 0 saturated carbocycles. The Balaban J connectivity index is 1.66. The molecule has 0 aliphatic heterocycles. The summed E-state index contributed by atoms with van der Waals surface area (Å²) in [5, 5.41) is 1.15. The van der Waals surface area contributed by atoms with Crippen molar-refractivity contribution in [1.82, 2.24) is 5.43 Å². The fourth-order valence-corrected chi connectivity index (χ4v) is 3.04. The van der Waals surface area contributed by atoms with Crippen molar-refractivity contribution < 1.29 is 9.47 Å². The molecule has 140 valence electrons. The van der Waals surface area contributed by atoms with Crippen molar-refractivity contribution >= 4 is 28.9 Å². The van der Waals surface area contributed by atoms with Crippen LogP contribution in [0.15, 0.2) is 66.7 Å². The van der Waals surface area contributed by atoms with Gasteiger partial charge in [-0.2, -0.15) is 0 Å². The number of para-hydroxylation sites is 1. The van der Waals surface area contributed by atoms with E-state index in [0.717, 1.165) is 16.8 Å². The molecule has 0 amide bonds. The lowest BCUT2D eigenvalue weighted by Gasteiger charge is -2.14. The molecule has 0 spiro atoms. The monoisotopic (exact) mass is 402 g/mol. The summed E-state index contributed by atoms with van der Waals surface area (Å²) in [4.78, 5) is 0. The summed E-state index contributed by atoms with van der Waals surface area (Å²) < 4.78 is 11.3. The molecule has 3 aromatic carbocycles. The van der Waals surface area contributed by atoms with E-state index in [2.05, 4.69) is 10.9 Å². The van der Waals surface area contributed by atoms with Crippen molar-refractivity contribution in [3.05, 3.63) is 87.9 Å². The average molecular weight is 403 g/mol. The van der Waals surface area contributed by atoms with Gasteiger partial charge in [0.2, 0.25) is 0 Å². The number of benzene rings is 3. The predicted molar refractivity (Wildman–Crippen MR) is 111 cm³/mol. The maximum Gasteiger partial charge on any atom is 0.161 e. The minimum atomic E-state index is 0.258. The van der Waals surface area contributed by atoms with E-state index in [4.69, 9.17) is 32.7 Å². The van der Waals surface area contributed by atoms with E-state index in [-0.39, 0.29) is 6.61 Å². The molecule has 3 rings (SSSR count). The minimum Gasteiger partial charge on any atom is -0.493 e. The van der Waals surface area contributed by atoms with Crippen LogP contribution < -0.4 is 20.3 Å². The molecule has 3 aromatic rings. The lowest BCUT2D eigenvalue weighted by molar-refractivity contribution is 0.284. The van der Waals surface area contributed by atoms with E-state index in [0.29, 0.717) is 28.1 Å². The first-order valence-electron chi connectivity index (χ1n) is 8.44. The van der Waals surface area contributed by atoms with Crippen LogP contribution in [0.4, 0.5) is 5.69 Å². The highest BCUT2D eigenvalue weighted by Gasteiger charge is 2.10. The molecule has 6 heteroatoms. The van der Waals surface area contributed by atoms with E-state index >= 15 is 0 Å². The quantitative estimate of drug-likeness (QED) is 0.474. The number of methoxy groups -OCH3 is 1. The number of hydrogen-bond donors (Lipinski definition) is 2. The van der Waals surface area contributed by atoms with Gasteiger partial charge in [0, 0.05) is 27.8 Å². The highest BCUT2D eigenvalue weighted by atomic mass is 35.5. The van der Waals surface area contributed by atoms with Gasteiger partial charge in [-0.15, -0.1) is 0 Å². The number of hydrogen-bond acceptors (Lipinski definition) is 4. The van der Waals surface area contributed by atoms with Crippen molar-refractivity contribution in [2.75, 3.05) is 12.5 Å². The second-order valence-electron chi connectivity index (χ2n) is 5.82. The van der Waals surface area contributed by atoms with E-state index in [9.17, 15) is 0 Å². The molecule has 0 saturated heterocycles. The standard InChI is InChI=1S/C21H20Cl2N2O2/c1-26-20-11-10-15(13-24-25-16-6-3-2-4-7-16)12-21(20)27-14-17-18(22)8-5-9-19(17)23/h2-12,24-25H,13-14H2,1H3. The highest BCUT2D eigenvalue weighted by molar-refractivity contribution is 6.35. The zero-order chi connectivity index (χ0) is 19.1. The van der Waals surface area contributed by atoms with E-state index in [1.54, 1.807) is 25.3 Å². The van der Waals surface area contributed by atoms with Crippen LogP contribution in [0.3, 0.4) is 0 Å². The number of rotatable bonds is 8. The normalized spacial score (nSPS) is 10.5. The number of nitrogens with one attached hydrogen (secondary N) is 2. The van der Waals surface area contributed by atoms with Gasteiger partial charge >= 0.3 is 0 Å². The third-order valence-electron chi connectivity index (χ3n) is 3.96. The molecule has 0 bridgehead atoms. The van der Waals surface area contributed by atoms with Crippen LogP contribution >= 0.6 is 23.2 Å². The Hall–Kier alpha value is -2.40. The van der Waals surface area contributed by atoms with Crippen LogP contribution in [-0.4, -0.2) is 7.11 Å². The molecule has 2 N–H and O–H groups in total. The molecule has 4 nitrogen and oxygen atoms in total. The van der Waals surface area contributed by atoms with Crippen LogP contribution in [-0.2, 0) is 13.2 Å². The van der Waals surface area contributed by atoms with E-state index < -0.39 is 0 Å². The van der Waals surface area contributed by atoms with Crippen molar-refractivity contribution in [1.29, 1.82) is 0 Å². The first-order valence-corrected chi connectivity index (χ1v) is 9.19. The molecular formula is C21H20Cl2N2O2. The maximum atomic E-state index is 6.21. The van der Waals surface area contributed by atoms with Crippen LogP contribution in [0.25, 0.3) is 0 Å². The van der Waals surface area contributed by atoms with Crippen LogP contribution in [0.2, 0.25) is 10.0 Å². The average Bonchev–Trinajstić information content (AvgIpc) is 2.68. The van der Waals surface area contributed by atoms with E-state index in [1.165, 1.54) is 0 Å². The van der Waals surface area contributed by atoms with Gasteiger partial charge < -0.3 is 14.9 Å². The second kappa shape index (κ2) is 9.51. The van der Waals surface area contributed by atoms with Gasteiger partial charge in [-0.1, -0.05) is 53.5 Å². The van der Waals surface area contributed by atoms with Gasteiger partial charge in [0.05, 0.1) is 7.11 Å². The van der Waals surface area contributed by atoms with Gasteiger partial charge in [0.25, 0.3) is 0 Å². The lowest BCUT2D eigenvalue weighted by atomic mass is 10.2. The van der Waals surface area contributed by atoms with Gasteiger partial charge in [-0.25, -0.2) is 5.43 Å². The Morgan fingerprint density at radius 1 is 0.852 bits per heavy atom. The molecule has 0 fully saturated rings. The molecular weight excluding hydrogens is 383 g/mol. The Labute approximate surface area is 169 Å². The van der Waals surface area contributed by atoms with Crippen LogP contribution in [0.1, 0.15) is 11.1 Å². The second-order valence-corrected chi connectivity index (χ2v) is 6.63.